The maximum Gasteiger partial charge on any atom is 0.371 e. The van der Waals surface area contributed by atoms with Crippen molar-refractivity contribution in [2.24, 2.45) is 0 Å². The Morgan fingerprint density at radius 1 is 1.16 bits per heavy atom. The average molecular weight is 261 g/mol. The standard InChI is InChI=1S/C13H11NO5/c15-10-4-2-1-3-9(10)12(16)14-7-8-5-6-11(19-8)13(17)18/h1-6,15H,7H2,(H,14,16)(H,17,18). The zero-order chi connectivity index (χ0) is 13.8. The molecule has 2 rings (SSSR count). The molecule has 98 valence electrons. The maximum atomic E-state index is 11.8. The first kappa shape index (κ1) is 12.7. The first-order valence-corrected chi connectivity index (χ1v) is 5.46. The van der Waals surface area contributed by atoms with E-state index in [2.05, 4.69) is 5.32 Å². The fourth-order valence-electron chi connectivity index (χ4n) is 1.52. The summed E-state index contributed by atoms with van der Waals surface area (Å²) in [5.41, 5.74) is 0.146. The van der Waals surface area contributed by atoms with Crippen LogP contribution in [0.15, 0.2) is 40.8 Å². The predicted octanol–water partition coefficient (Wildman–Crippen LogP) is 1.61. The van der Waals surface area contributed by atoms with Gasteiger partial charge >= 0.3 is 5.97 Å². The number of carbonyl (C=O) groups excluding carboxylic acids is 1. The molecule has 19 heavy (non-hydrogen) atoms. The van der Waals surface area contributed by atoms with Crippen molar-refractivity contribution >= 4 is 11.9 Å². The van der Waals surface area contributed by atoms with Crippen LogP contribution < -0.4 is 5.32 Å². The van der Waals surface area contributed by atoms with Crippen molar-refractivity contribution in [3.63, 3.8) is 0 Å². The number of carboxylic acids is 1. The Bertz CT molecular complexity index is 617. The highest BCUT2D eigenvalue weighted by Crippen LogP contribution is 2.15. The van der Waals surface area contributed by atoms with Crippen LogP contribution in [0.3, 0.4) is 0 Å². The number of carbonyl (C=O) groups is 2. The number of rotatable bonds is 4. The Morgan fingerprint density at radius 3 is 2.53 bits per heavy atom. The van der Waals surface area contributed by atoms with Gasteiger partial charge in [-0.2, -0.15) is 0 Å². The summed E-state index contributed by atoms with van der Waals surface area (Å²) in [4.78, 5) is 22.4. The first-order chi connectivity index (χ1) is 9.08. The lowest BCUT2D eigenvalue weighted by Gasteiger charge is -2.04. The molecule has 3 N–H and O–H groups in total. The van der Waals surface area contributed by atoms with E-state index in [0.717, 1.165) is 0 Å². The third-order valence-electron chi connectivity index (χ3n) is 2.44. The van der Waals surface area contributed by atoms with Crippen LogP contribution in [0.25, 0.3) is 0 Å². The molecule has 0 saturated heterocycles. The van der Waals surface area contributed by atoms with Crippen LogP contribution in [0.4, 0.5) is 0 Å². The third kappa shape index (κ3) is 2.92. The minimum Gasteiger partial charge on any atom is -0.507 e. The normalized spacial score (nSPS) is 10.1. The van der Waals surface area contributed by atoms with Crippen molar-refractivity contribution in [1.29, 1.82) is 0 Å². The number of hydrogen-bond donors (Lipinski definition) is 3. The SMILES string of the molecule is O=C(O)c1ccc(CNC(=O)c2ccccc2O)o1. The Hall–Kier alpha value is -2.76. The highest BCUT2D eigenvalue weighted by Gasteiger charge is 2.12. The van der Waals surface area contributed by atoms with E-state index in [1.54, 1.807) is 12.1 Å². The number of benzene rings is 1. The van der Waals surface area contributed by atoms with Crippen LogP contribution in [0, 0.1) is 0 Å². The van der Waals surface area contributed by atoms with E-state index in [1.165, 1.54) is 24.3 Å². The predicted molar refractivity (Wildman–Crippen MR) is 64.9 cm³/mol. The molecule has 1 heterocycles. The van der Waals surface area contributed by atoms with Crippen LogP contribution in [-0.4, -0.2) is 22.1 Å². The molecule has 0 bridgehead atoms. The molecule has 0 unspecified atom stereocenters. The quantitative estimate of drug-likeness (QED) is 0.776. The lowest BCUT2D eigenvalue weighted by atomic mass is 10.2. The molecule has 6 nitrogen and oxygen atoms in total. The van der Waals surface area contributed by atoms with Crippen molar-refractivity contribution < 1.29 is 24.2 Å². The number of phenolic OH excluding ortho intramolecular Hbond substituents is 1. The Kier molecular flexibility index (Phi) is 3.51. The number of aromatic carboxylic acids is 1. The van der Waals surface area contributed by atoms with Crippen molar-refractivity contribution in [1.82, 2.24) is 5.32 Å². The van der Waals surface area contributed by atoms with Crippen molar-refractivity contribution in [3.05, 3.63) is 53.5 Å². The maximum absolute atomic E-state index is 11.8. The first-order valence-electron chi connectivity index (χ1n) is 5.46. The van der Waals surface area contributed by atoms with Crippen LogP contribution >= 0.6 is 0 Å². The summed E-state index contributed by atoms with van der Waals surface area (Å²) in [7, 11) is 0. The van der Waals surface area contributed by atoms with Gasteiger partial charge in [-0.25, -0.2) is 4.79 Å². The fraction of sp³-hybridized carbons (Fsp3) is 0.0769. The molecule has 1 amide bonds. The van der Waals surface area contributed by atoms with E-state index in [9.17, 15) is 14.7 Å². The highest BCUT2D eigenvalue weighted by molar-refractivity contribution is 5.96. The van der Waals surface area contributed by atoms with E-state index in [-0.39, 0.29) is 23.6 Å². The smallest absolute Gasteiger partial charge is 0.371 e. The molecule has 0 aliphatic carbocycles. The average Bonchev–Trinajstić information content (AvgIpc) is 2.85. The Balaban J connectivity index is 2.00. The second-order valence-electron chi connectivity index (χ2n) is 3.77. The molecule has 0 saturated carbocycles. The third-order valence-corrected chi connectivity index (χ3v) is 2.44. The van der Waals surface area contributed by atoms with Gasteiger partial charge in [0.1, 0.15) is 11.5 Å². The molecule has 6 heteroatoms. The molecule has 1 aromatic carbocycles. The van der Waals surface area contributed by atoms with Gasteiger partial charge in [-0.05, 0) is 24.3 Å². The topological polar surface area (TPSA) is 99.8 Å². The monoisotopic (exact) mass is 261 g/mol. The fourth-order valence-corrected chi connectivity index (χ4v) is 1.52. The van der Waals surface area contributed by atoms with Gasteiger partial charge in [0.15, 0.2) is 0 Å². The number of carboxylic acid groups (broad SMARTS) is 1. The van der Waals surface area contributed by atoms with Crippen molar-refractivity contribution in [2.45, 2.75) is 6.54 Å². The molecule has 0 spiro atoms. The Labute approximate surface area is 108 Å². The van der Waals surface area contributed by atoms with Gasteiger partial charge in [0, 0.05) is 0 Å². The number of furan rings is 1. The molecular formula is C13H11NO5. The van der Waals surface area contributed by atoms with Crippen LogP contribution in [0.1, 0.15) is 26.7 Å². The lowest BCUT2D eigenvalue weighted by Crippen LogP contribution is -2.22. The number of amides is 1. The molecule has 0 aliphatic rings. The number of nitrogens with one attached hydrogen (secondary N) is 1. The number of phenols is 1. The molecule has 1 aromatic heterocycles. The van der Waals surface area contributed by atoms with E-state index in [4.69, 9.17) is 9.52 Å². The molecule has 0 aliphatic heterocycles. The van der Waals surface area contributed by atoms with Crippen LogP contribution in [0.5, 0.6) is 5.75 Å². The van der Waals surface area contributed by atoms with Gasteiger partial charge in [-0.3, -0.25) is 4.79 Å². The van der Waals surface area contributed by atoms with Crippen molar-refractivity contribution in [2.75, 3.05) is 0 Å². The van der Waals surface area contributed by atoms with Gasteiger partial charge in [-0.1, -0.05) is 12.1 Å². The van der Waals surface area contributed by atoms with Crippen molar-refractivity contribution in [3.8, 4) is 5.75 Å². The van der Waals surface area contributed by atoms with Gasteiger partial charge in [0.25, 0.3) is 5.91 Å². The van der Waals surface area contributed by atoms with Crippen LogP contribution in [-0.2, 0) is 6.54 Å². The zero-order valence-electron chi connectivity index (χ0n) is 9.79. The van der Waals surface area contributed by atoms with Gasteiger partial charge < -0.3 is 19.9 Å². The highest BCUT2D eigenvalue weighted by atomic mass is 16.4. The van der Waals surface area contributed by atoms with E-state index < -0.39 is 11.9 Å². The zero-order valence-corrected chi connectivity index (χ0v) is 9.79. The minimum absolute atomic E-state index is 0.0421. The number of hydrogen-bond acceptors (Lipinski definition) is 4. The molecular weight excluding hydrogens is 250 g/mol. The summed E-state index contributed by atoms with van der Waals surface area (Å²) in [5.74, 6) is -1.62. The summed E-state index contributed by atoms with van der Waals surface area (Å²) in [5, 5.41) is 20.7. The van der Waals surface area contributed by atoms with E-state index >= 15 is 0 Å². The molecule has 0 fully saturated rings. The largest absolute Gasteiger partial charge is 0.507 e. The van der Waals surface area contributed by atoms with Gasteiger partial charge in [0.05, 0.1) is 12.1 Å². The van der Waals surface area contributed by atoms with Gasteiger partial charge in [0.2, 0.25) is 5.76 Å². The summed E-state index contributed by atoms with van der Waals surface area (Å²) in [6.45, 7) is 0.0421. The summed E-state index contributed by atoms with van der Waals surface area (Å²) >= 11 is 0. The number of para-hydroxylation sites is 1. The number of aromatic hydroxyl groups is 1. The molecule has 0 atom stereocenters. The summed E-state index contributed by atoms with van der Waals surface area (Å²) < 4.78 is 4.98. The lowest BCUT2D eigenvalue weighted by molar-refractivity contribution is 0.0660. The Morgan fingerprint density at radius 2 is 1.89 bits per heavy atom. The molecule has 2 aromatic rings. The second kappa shape index (κ2) is 5.26. The molecule has 0 radical (unpaired) electrons. The minimum atomic E-state index is -1.17. The van der Waals surface area contributed by atoms with E-state index in [1.807, 2.05) is 0 Å². The van der Waals surface area contributed by atoms with Crippen LogP contribution in [0.2, 0.25) is 0 Å². The second-order valence-corrected chi connectivity index (χ2v) is 3.77. The van der Waals surface area contributed by atoms with Gasteiger partial charge in [-0.15, -0.1) is 0 Å². The summed E-state index contributed by atoms with van der Waals surface area (Å²) in [6, 6.07) is 8.90. The summed E-state index contributed by atoms with van der Waals surface area (Å²) in [6.07, 6.45) is 0. The van der Waals surface area contributed by atoms with E-state index in [0.29, 0.717) is 5.76 Å².